The smallest absolute Gasteiger partial charge is 0.408 e. The molecule has 232 valence electrons. The lowest BCUT2D eigenvalue weighted by atomic mass is 9.90. The fourth-order valence-electron chi connectivity index (χ4n) is 4.61. The van der Waals surface area contributed by atoms with Crippen LogP contribution in [0.2, 0.25) is 0 Å². The van der Waals surface area contributed by atoms with Crippen molar-refractivity contribution >= 4 is 17.9 Å². The number of alkyl carbamates (subject to hydrolysis) is 1. The molecule has 42 heavy (non-hydrogen) atoms. The van der Waals surface area contributed by atoms with Gasteiger partial charge in [-0.05, 0) is 77.6 Å². The number of rotatable bonds is 13. The first kappa shape index (κ1) is 34.5. The molecule has 2 atom stereocenters. The summed E-state index contributed by atoms with van der Waals surface area (Å²) in [5.41, 5.74) is -0.0894. The van der Waals surface area contributed by atoms with Gasteiger partial charge in [0.1, 0.15) is 29.2 Å². The van der Waals surface area contributed by atoms with Crippen LogP contribution in [0, 0.1) is 6.92 Å². The molecule has 2 aromatic carbocycles. The minimum Gasteiger partial charge on any atom is -0.508 e. The number of amides is 3. The maximum absolute atomic E-state index is 14.7. The number of carbonyl (C=O) groups excluding carboxylic acids is 3. The molecule has 2 rings (SSSR count). The third-order valence-corrected chi connectivity index (χ3v) is 7.27. The molecule has 0 saturated heterocycles. The predicted molar refractivity (Wildman–Crippen MR) is 164 cm³/mol. The van der Waals surface area contributed by atoms with Gasteiger partial charge in [-0.1, -0.05) is 57.0 Å². The van der Waals surface area contributed by atoms with E-state index >= 15 is 0 Å². The summed E-state index contributed by atoms with van der Waals surface area (Å²) in [6.45, 7) is 15.1. The lowest BCUT2D eigenvalue weighted by Gasteiger charge is -2.44. The van der Waals surface area contributed by atoms with Crippen molar-refractivity contribution in [2.75, 3.05) is 6.54 Å². The van der Waals surface area contributed by atoms with Crippen LogP contribution in [0.5, 0.6) is 11.5 Å². The quantitative estimate of drug-likeness (QED) is 0.217. The minimum absolute atomic E-state index is 0.0638. The third kappa shape index (κ3) is 9.67. The molecule has 0 spiro atoms. The monoisotopic (exact) mass is 583 g/mol. The van der Waals surface area contributed by atoms with E-state index in [0.29, 0.717) is 29.7 Å². The van der Waals surface area contributed by atoms with Crippen molar-refractivity contribution in [2.45, 2.75) is 111 Å². The van der Waals surface area contributed by atoms with E-state index in [2.05, 4.69) is 17.6 Å². The number of ether oxygens (including phenoxy) is 1. The van der Waals surface area contributed by atoms with Crippen LogP contribution in [0.15, 0.2) is 42.5 Å². The fourth-order valence-corrected chi connectivity index (χ4v) is 4.61. The fraction of sp³-hybridized carbons (Fsp3) is 0.545. The molecule has 9 heteroatoms. The summed E-state index contributed by atoms with van der Waals surface area (Å²) in [7, 11) is 0. The average molecular weight is 584 g/mol. The first-order valence-corrected chi connectivity index (χ1v) is 14.8. The highest BCUT2D eigenvalue weighted by Gasteiger charge is 2.44. The van der Waals surface area contributed by atoms with Crippen molar-refractivity contribution in [3.63, 3.8) is 0 Å². The van der Waals surface area contributed by atoms with Crippen LogP contribution in [0.1, 0.15) is 96.9 Å². The Morgan fingerprint density at radius 2 is 1.60 bits per heavy atom. The highest BCUT2D eigenvalue weighted by atomic mass is 16.6. The Labute approximate surface area is 250 Å². The maximum atomic E-state index is 14.7. The molecule has 4 N–H and O–H groups in total. The SMILES string of the molecule is CCCCCNC(=O)C(c1cccc(C)c1O)N(C(=O)C(Cc1ccc(O)cc1)NC(=O)OC(C)(C)C)C(C)(C)CC. The highest BCUT2D eigenvalue weighted by Crippen LogP contribution is 2.37. The van der Waals surface area contributed by atoms with Gasteiger partial charge in [0.05, 0.1) is 0 Å². The van der Waals surface area contributed by atoms with Crippen molar-refractivity contribution < 1.29 is 29.3 Å². The Bertz CT molecular complexity index is 1200. The van der Waals surface area contributed by atoms with Gasteiger partial charge < -0.3 is 30.5 Å². The zero-order chi connectivity index (χ0) is 31.7. The molecule has 0 radical (unpaired) electrons. The number of hydrogen-bond donors (Lipinski definition) is 4. The molecular weight excluding hydrogens is 534 g/mol. The summed E-state index contributed by atoms with van der Waals surface area (Å²) in [4.78, 5) is 43.1. The number of aromatic hydroxyl groups is 2. The molecule has 2 unspecified atom stereocenters. The van der Waals surface area contributed by atoms with E-state index in [1.54, 1.807) is 58.0 Å². The lowest BCUT2D eigenvalue weighted by Crippen LogP contribution is -2.60. The molecule has 0 aromatic heterocycles. The normalized spacial score (nSPS) is 13.1. The minimum atomic E-state index is -1.17. The first-order valence-electron chi connectivity index (χ1n) is 14.8. The van der Waals surface area contributed by atoms with Gasteiger partial charge in [0, 0.05) is 24.1 Å². The van der Waals surface area contributed by atoms with Crippen molar-refractivity contribution in [1.82, 2.24) is 15.5 Å². The van der Waals surface area contributed by atoms with Crippen molar-refractivity contribution in [3.05, 3.63) is 59.2 Å². The first-order chi connectivity index (χ1) is 19.6. The topological polar surface area (TPSA) is 128 Å². The molecule has 9 nitrogen and oxygen atoms in total. The maximum Gasteiger partial charge on any atom is 0.408 e. The molecule has 0 aliphatic heterocycles. The molecule has 2 aromatic rings. The standard InChI is InChI=1S/C33H49N3O6/c1-9-11-12-20-34-29(39)27(25-15-13-14-22(3)28(25)38)36(33(7,8)10-2)30(40)26(35-31(41)42-32(4,5)6)21-23-16-18-24(37)19-17-23/h13-19,26-27,37-38H,9-12,20-21H2,1-8H3,(H,34,39)(H,35,41). The molecule has 0 aliphatic carbocycles. The van der Waals surface area contributed by atoms with Crippen LogP contribution in [0.3, 0.4) is 0 Å². The van der Waals surface area contributed by atoms with E-state index in [1.807, 2.05) is 20.8 Å². The zero-order valence-electron chi connectivity index (χ0n) is 26.4. The zero-order valence-corrected chi connectivity index (χ0v) is 26.4. The van der Waals surface area contributed by atoms with Crippen molar-refractivity contribution in [3.8, 4) is 11.5 Å². The van der Waals surface area contributed by atoms with Crippen LogP contribution in [0.25, 0.3) is 0 Å². The van der Waals surface area contributed by atoms with Gasteiger partial charge in [-0.15, -0.1) is 0 Å². The van der Waals surface area contributed by atoms with Gasteiger partial charge in [-0.25, -0.2) is 4.79 Å². The van der Waals surface area contributed by atoms with E-state index in [4.69, 9.17) is 4.74 Å². The number of para-hydroxylation sites is 1. The van der Waals surface area contributed by atoms with E-state index in [9.17, 15) is 24.6 Å². The van der Waals surface area contributed by atoms with Crippen LogP contribution in [0.4, 0.5) is 4.79 Å². The van der Waals surface area contributed by atoms with Crippen molar-refractivity contribution in [1.29, 1.82) is 0 Å². The molecular formula is C33H49N3O6. The Hall–Kier alpha value is -3.75. The van der Waals surface area contributed by atoms with Gasteiger partial charge in [-0.2, -0.15) is 0 Å². The number of phenols is 2. The van der Waals surface area contributed by atoms with E-state index in [1.165, 1.54) is 17.0 Å². The molecule has 0 bridgehead atoms. The number of hydrogen-bond acceptors (Lipinski definition) is 6. The molecule has 0 heterocycles. The molecule has 0 aliphatic rings. The largest absolute Gasteiger partial charge is 0.508 e. The number of unbranched alkanes of at least 4 members (excludes halogenated alkanes) is 2. The number of phenolic OH excluding ortho intramolecular Hbond substituents is 2. The Morgan fingerprint density at radius 3 is 2.17 bits per heavy atom. The van der Waals surface area contributed by atoms with Gasteiger partial charge >= 0.3 is 6.09 Å². The van der Waals surface area contributed by atoms with Crippen LogP contribution in [-0.2, 0) is 20.7 Å². The van der Waals surface area contributed by atoms with Crippen LogP contribution in [-0.4, -0.2) is 56.7 Å². The number of nitrogens with one attached hydrogen (secondary N) is 2. The van der Waals surface area contributed by atoms with Crippen molar-refractivity contribution in [2.24, 2.45) is 0 Å². The van der Waals surface area contributed by atoms with Gasteiger partial charge in [0.25, 0.3) is 0 Å². The number of carbonyl (C=O) groups is 3. The summed E-state index contributed by atoms with van der Waals surface area (Å²) in [6, 6.07) is 9.22. The number of benzene rings is 2. The number of aryl methyl sites for hydroxylation is 1. The second kappa shape index (κ2) is 14.9. The summed E-state index contributed by atoms with van der Waals surface area (Å²) < 4.78 is 5.49. The highest BCUT2D eigenvalue weighted by molar-refractivity contribution is 5.93. The second-order valence-electron chi connectivity index (χ2n) is 12.4. The van der Waals surface area contributed by atoms with Gasteiger partial charge in [0.15, 0.2) is 0 Å². The summed E-state index contributed by atoms with van der Waals surface area (Å²) in [6.07, 6.45) is 2.51. The lowest BCUT2D eigenvalue weighted by molar-refractivity contribution is -0.149. The Kier molecular flexibility index (Phi) is 12.3. The summed E-state index contributed by atoms with van der Waals surface area (Å²) >= 11 is 0. The van der Waals surface area contributed by atoms with Crippen LogP contribution >= 0.6 is 0 Å². The summed E-state index contributed by atoms with van der Waals surface area (Å²) in [5.74, 6) is -0.908. The van der Waals surface area contributed by atoms with E-state index in [-0.39, 0.29) is 17.9 Å². The van der Waals surface area contributed by atoms with Crippen LogP contribution < -0.4 is 10.6 Å². The molecule has 3 amide bonds. The average Bonchev–Trinajstić information content (AvgIpc) is 2.90. The Balaban J connectivity index is 2.67. The predicted octanol–water partition coefficient (Wildman–Crippen LogP) is 5.91. The molecule has 0 fully saturated rings. The molecule has 0 saturated carbocycles. The van der Waals surface area contributed by atoms with E-state index < -0.39 is 41.1 Å². The van der Waals surface area contributed by atoms with E-state index in [0.717, 1.165) is 19.3 Å². The Morgan fingerprint density at radius 1 is 0.952 bits per heavy atom. The number of nitrogens with zero attached hydrogens (tertiary/aromatic N) is 1. The summed E-state index contributed by atoms with van der Waals surface area (Å²) in [5, 5.41) is 26.6. The van der Waals surface area contributed by atoms with Gasteiger partial charge in [-0.3, -0.25) is 9.59 Å². The van der Waals surface area contributed by atoms with Gasteiger partial charge in [0.2, 0.25) is 11.8 Å². The third-order valence-electron chi connectivity index (χ3n) is 7.27. The second-order valence-corrected chi connectivity index (χ2v) is 12.4.